The second-order valence-electron chi connectivity index (χ2n) is 5.54. The Morgan fingerprint density at radius 3 is 2.13 bits per heavy atom. The molecule has 1 N–H and O–H groups in total. The Labute approximate surface area is 93.7 Å². The summed E-state index contributed by atoms with van der Waals surface area (Å²) >= 11 is 0. The lowest BCUT2D eigenvalue weighted by molar-refractivity contribution is 0.153. The number of aliphatic hydroxyl groups excluding tert-OH is 1. The summed E-state index contributed by atoms with van der Waals surface area (Å²) in [6.45, 7) is 10.6. The minimum Gasteiger partial charge on any atom is -0.396 e. The van der Waals surface area contributed by atoms with Crippen molar-refractivity contribution in [2.24, 2.45) is 23.2 Å². The molecule has 2 unspecified atom stereocenters. The van der Waals surface area contributed by atoms with Gasteiger partial charge in [0.05, 0.1) is 0 Å². The zero-order chi connectivity index (χ0) is 11.1. The van der Waals surface area contributed by atoms with Crippen LogP contribution in [0.3, 0.4) is 0 Å². The van der Waals surface area contributed by atoms with E-state index in [1.54, 1.807) is 0 Å². The van der Waals surface area contributed by atoms with Crippen LogP contribution in [-0.2, 0) is 0 Å². The summed E-state index contributed by atoms with van der Waals surface area (Å²) in [6.07, 6.45) is 2.51. The van der Waals surface area contributed by atoms with Gasteiger partial charge in [0.25, 0.3) is 0 Å². The van der Waals surface area contributed by atoms with Crippen LogP contribution in [0, 0.1) is 23.2 Å². The lowest BCUT2D eigenvalue weighted by atomic mass is 10.1. The van der Waals surface area contributed by atoms with Crippen LogP contribution in [0.25, 0.3) is 0 Å². The number of rotatable bonds is 3. The molecule has 2 saturated carbocycles. The summed E-state index contributed by atoms with van der Waals surface area (Å²) in [6, 6.07) is 0. The smallest absolute Gasteiger partial charge is 0.0499 e. The number of fused-ring (bicyclic) bond motifs is 1. The lowest BCUT2D eigenvalue weighted by Gasteiger charge is -2.23. The molecule has 2 nitrogen and oxygen atoms in total. The Kier molecular flexibility index (Phi) is 3.09. The van der Waals surface area contributed by atoms with Gasteiger partial charge < -0.3 is 10.0 Å². The van der Waals surface area contributed by atoms with Gasteiger partial charge in [0.1, 0.15) is 0 Å². The Balaban J connectivity index is 0.000000404. The second-order valence-corrected chi connectivity index (χ2v) is 5.54. The summed E-state index contributed by atoms with van der Waals surface area (Å²) in [7, 11) is 0. The van der Waals surface area contributed by atoms with Gasteiger partial charge in [-0.25, -0.2) is 0 Å². The molecule has 2 aliphatic carbocycles. The van der Waals surface area contributed by atoms with Crippen molar-refractivity contribution in [3.63, 3.8) is 0 Å². The van der Waals surface area contributed by atoms with E-state index in [4.69, 9.17) is 0 Å². The van der Waals surface area contributed by atoms with Crippen LogP contribution in [0.5, 0.6) is 0 Å². The highest BCUT2D eigenvalue weighted by Crippen LogP contribution is 2.53. The number of piperidine rings is 1. The average molecular weight is 211 g/mol. The first-order valence-corrected chi connectivity index (χ1v) is 6.57. The van der Waals surface area contributed by atoms with Crippen molar-refractivity contribution in [2.75, 3.05) is 26.2 Å². The van der Waals surface area contributed by atoms with Crippen molar-refractivity contribution < 1.29 is 5.11 Å². The van der Waals surface area contributed by atoms with Crippen molar-refractivity contribution >= 4 is 0 Å². The van der Waals surface area contributed by atoms with E-state index in [0.29, 0.717) is 12.0 Å². The van der Waals surface area contributed by atoms with E-state index in [-0.39, 0.29) is 0 Å². The molecule has 0 aromatic carbocycles. The number of nitrogens with zero attached hydrogens (tertiary/aromatic N) is 1. The molecular weight excluding hydrogens is 186 g/mol. The van der Waals surface area contributed by atoms with Crippen molar-refractivity contribution in [2.45, 2.75) is 33.6 Å². The van der Waals surface area contributed by atoms with Gasteiger partial charge in [-0.2, -0.15) is 0 Å². The molecule has 88 valence electrons. The van der Waals surface area contributed by atoms with Gasteiger partial charge in [0.15, 0.2) is 0 Å². The predicted octanol–water partition coefficient (Wildman–Crippen LogP) is 1.98. The normalized spacial score (nSPS) is 40.4. The molecular formula is C13H25NO. The van der Waals surface area contributed by atoms with Gasteiger partial charge in [0.2, 0.25) is 0 Å². The molecule has 0 amide bonds. The number of likely N-dealkylation sites (tertiary alicyclic amines) is 1. The summed E-state index contributed by atoms with van der Waals surface area (Å²) < 4.78 is 0. The highest BCUT2D eigenvalue weighted by molar-refractivity contribution is 5.05. The second kappa shape index (κ2) is 4.06. The molecule has 1 heterocycles. The molecule has 3 fully saturated rings. The van der Waals surface area contributed by atoms with Crippen LogP contribution in [0.15, 0.2) is 0 Å². The van der Waals surface area contributed by atoms with Crippen molar-refractivity contribution in [1.29, 1.82) is 0 Å². The third kappa shape index (κ3) is 2.07. The molecule has 2 heteroatoms. The Morgan fingerprint density at radius 1 is 1.20 bits per heavy atom. The molecule has 15 heavy (non-hydrogen) atoms. The molecule has 0 spiro atoms. The van der Waals surface area contributed by atoms with E-state index in [9.17, 15) is 5.11 Å². The maximum atomic E-state index is 9.22. The number of aliphatic hydroxyl groups is 1. The van der Waals surface area contributed by atoms with Gasteiger partial charge in [-0.1, -0.05) is 20.8 Å². The minimum absolute atomic E-state index is 0.333. The van der Waals surface area contributed by atoms with Crippen LogP contribution in [-0.4, -0.2) is 36.2 Å². The minimum atomic E-state index is 0.333. The maximum absolute atomic E-state index is 9.22. The summed E-state index contributed by atoms with van der Waals surface area (Å²) in [5.41, 5.74) is 0.333. The first kappa shape index (κ1) is 11.4. The van der Waals surface area contributed by atoms with Crippen LogP contribution >= 0.6 is 0 Å². The maximum Gasteiger partial charge on any atom is 0.0499 e. The van der Waals surface area contributed by atoms with Crippen molar-refractivity contribution in [3.8, 4) is 0 Å². The highest BCUT2D eigenvalue weighted by atomic mass is 16.3. The largest absolute Gasteiger partial charge is 0.396 e. The molecule has 0 radical (unpaired) electrons. The van der Waals surface area contributed by atoms with Gasteiger partial charge in [-0.05, 0) is 30.6 Å². The molecule has 0 aromatic heterocycles. The zero-order valence-corrected chi connectivity index (χ0v) is 10.4. The fourth-order valence-electron chi connectivity index (χ4n) is 3.06. The fourth-order valence-corrected chi connectivity index (χ4v) is 3.06. The number of hydrogen-bond donors (Lipinski definition) is 1. The van der Waals surface area contributed by atoms with E-state index in [1.165, 1.54) is 32.5 Å². The Morgan fingerprint density at radius 2 is 1.73 bits per heavy atom. The van der Waals surface area contributed by atoms with Crippen LogP contribution in [0.4, 0.5) is 0 Å². The lowest BCUT2D eigenvalue weighted by Crippen LogP contribution is -2.32. The van der Waals surface area contributed by atoms with E-state index in [2.05, 4.69) is 11.8 Å². The van der Waals surface area contributed by atoms with Gasteiger partial charge in [-0.3, -0.25) is 0 Å². The monoisotopic (exact) mass is 211 g/mol. The predicted molar refractivity (Wildman–Crippen MR) is 62.7 cm³/mol. The van der Waals surface area contributed by atoms with E-state index in [0.717, 1.165) is 17.8 Å². The molecule has 0 bridgehead atoms. The molecule has 1 aliphatic heterocycles. The fraction of sp³-hybridized carbons (Fsp3) is 1.00. The molecule has 1 saturated heterocycles. The topological polar surface area (TPSA) is 23.5 Å². The standard InChI is InChI=1S/C11H19NO.C2H6/c1-8-9-4-12(5-10(8)9)6-11(7-13)2-3-11;1-2/h8-10,13H,2-7H2,1H3;1-2H3. The van der Waals surface area contributed by atoms with E-state index >= 15 is 0 Å². The van der Waals surface area contributed by atoms with E-state index < -0.39 is 0 Å². The zero-order valence-electron chi connectivity index (χ0n) is 10.4. The van der Waals surface area contributed by atoms with Gasteiger partial charge in [-0.15, -0.1) is 0 Å². The van der Waals surface area contributed by atoms with Crippen molar-refractivity contribution in [3.05, 3.63) is 0 Å². The van der Waals surface area contributed by atoms with Crippen LogP contribution < -0.4 is 0 Å². The molecule has 0 aromatic rings. The summed E-state index contributed by atoms with van der Waals surface area (Å²) in [5, 5.41) is 9.22. The van der Waals surface area contributed by atoms with Gasteiger partial charge >= 0.3 is 0 Å². The molecule has 3 aliphatic rings. The third-order valence-corrected chi connectivity index (χ3v) is 4.55. The Bertz CT molecular complexity index is 213. The molecule has 2 atom stereocenters. The van der Waals surface area contributed by atoms with Crippen molar-refractivity contribution in [1.82, 2.24) is 4.90 Å². The molecule has 3 rings (SSSR count). The Hall–Kier alpha value is -0.0800. The SMILES string of the molecule is CC.CC1C2CN(CC3(CO)CC3)CC12. The number of hydrogen-bond acceptors (Lipinski definition) is 2. The average Bonchev–Trinajstić information content (AvgIpc) is 3.10. The highest BCUT2D eigenvalue weighted by Gasteiger charge is 2.54. The van der Waals surface area contributed by atoms with Crippen LogP contribution in [0.1, 0.15) is 33.6 Å². The quantitative estimate of drug-likeness (QED) is 0.771. The van der Waals surface area contributed by atoms with E-state index in [1.807, 2.05) is 13.8 Å². The summed E-state index contributed by atoms with van der Waals surface area (Å²) in [5.74, 6) is 3.02. The van der Waals surface area contributed by atoms with Crippen LogP contribution in [0.2, 0.25) is 0 Å². The summed E-state index contributed by atoms with van der Waals surface area (Å²) in [4.78, 5) is 2.58. The first-order valence-electron chi connectivity index (χ1n) is 6.57. The third-order valence-electron chi connectivity index (χ3n) is 4.55. The first-order chi connectivity index (χ1) is 7.24. The van der Waals surface area contributed by atoms with Gasteiger partial charge in [0, 0.05) is 31.7 Å².